The van der Waals surface area contributed by atoms with E-state index in [2.05, 4.69) is 4.90 Å². The fraction of sp³-hybridized carbons (Fsp3) is 0.412. The average molecular weight is 271 g/mol. The van der Waals surface area contributed by atoms with Gasteiger partial charge in [0.25, 0.3) is 0 Å². The van der Waals surface area contributed by atoms with E-state index >= 15 is 0 Å². The fourth-order valence-electron chi connectivity index (χ4n) is 2.98. The SMILES string of the molecule is OC1(c2ccccc2)CCN(CCCc2ccco2)C1. The molecule has 1 saturated heterocycles. The molecule has 2 heterocycles. The number of furan rings is 1. The van der Waals surface area contributed by atoms with Gasteiger partial charge in [0.15, 0.2) is 0 Å². The maximum Gasteiger partial charge on any atom is 0.103 e. The first kappa shape index (κ1) is 13.4. The molecule has 3 heteroatoms. The van der Waals surface area contributed by atoms with Gasteiger partial charge in [-0.1, -0.05) is 30.3 Å². The lowest BCUT2D eigenvalue weighted by molar-refractivity contribution is 0.0460. The van der Waals surface area contributed by atoms with Gasteiger partial charge in [-0.25, -0.2) is 0 Å². The van der Waals surface area contributed by atoms with Crippen LogP contribution in [0.1, 0.15) is 24.2 Å². The molecule has 1 atom stereocenters. The molecule has 20 heavy (non-hydrogen) atoms. The molecule has 1 unspecified atom stereocenters. The predicted molar refractivity (Wildman–Crippen MR) is 78.4 cm³/mol. The highest BCUT2D eigenvalue weighted by Gasteiger charge is 2.36. The van der Waals surface area contributed by atoms with Crippen molar-refractivity contribution in [2.24, 2.45) is 0 Å². The molecule has 3 nitrogen and oxygen atoms in total. The van der Waals surface area contributed by atoms with Crippen molar-refractivity contribution in [1.29, 1.82) is 0 Å². The van der Waals surface area contributed by atoms with Gasteiger partial charge in [-0.15, -0.1) is 0 Å². The number of β-amino-alcohol motifs (C(OH)–C–C–N with tert-alkyl or cyclic N) is 1. The second-order valence-corrected chi connectivity index (χ2v) is 5.61. The van der Waals surface area contributed by atoms with Gasteiger partial charge in [-0.05, 0) is 37.1 Å². The summed E-state index contributed by atoms with van der Waals surface area (Å²) < 4.78 is 5.34. The van der Waals surface area contributed by atoms with Crippen LogP contribution in [0.5, 0.6) is 0 Å². The van der Waals surface area contributed by atoms with E-state index in [0.29, 0.717) is 0 Å². The molecule has 3 rings (SSSR count). The number of hydrogen-bond acceptors (Lipinski definition) is 3. The van der Waals surface area contributed by atoms with E-state index in [-0.39, 0.29) is 0 Å². The van der Waals surface area contributed by atoms with Gasteiger partial charge in [0, 0.05) is 19.5 Å². The first-order chi connectivity index (χ1) is 9.76. The van der Waals surface area contributed by atoms with Crippen molar-refractivity contribution in [3.05, 3.63) is 60.1 Å². The molecule has 0 bridgehead atoms. The van der Waals surface area contributed by atoms with Crippen molar-refractivity contribution in [2.75, 3.05) is 19.6 Å². The summed E-state index contributed by atoms with van der Waals surface area (Å²) >= 11 is 0. The normalized spacial score (nSPS) is 23.2. The van der Waals surface area contributed by atoms with Crippen LogP contribution in [0.3, 0.4) is 0 Å². The van der Waals surface area contributed by atoms with Crippen LogP contribution in [0.2, 0.25) is 0 Å². The summed E-state index contributed by atoms with van der Waals surface area (Å²) in [5.41, 5.74) is 0.361. The molecule has 0 radical (unpaired) electrons. The van der Waals surface area contributed by atoms with Crippen LogP contribution in [0.15, 0.2) is 53.1 Å². The van der Waals surface area contributed by atoms with E-state index < -0.39 is 5.60 Å². The molecular formula is C17H21NO2. The quantitative estimate of drug-likeness (QED) is 0.908. The third-order valence-corrected chi connectivity index (χ3v) is 4.12. The van der Waals surface area contributed by atoms with E-state index in [9.17, 15) is 5.11 Å². The van der Waals surface area contributed by atoms with Crippen LogP contribution >= 0.6 is 0 Å². The summed E-state index contributed by atoms with van der Waals surface area (Å²) in [5, 5.41) is 10.8. The van der Waals surface area contributed by atoms with Crippen LogP contribution < -0.4 is 0 Å². The Balaban J connectivity index is 1.52. The fourth-order valence-corrected chi connectivity index (χ4v) is 2.98. The highest BCUT2D eigenvalue weighted by molar-refractivity contribution is 5.24. The molecule has 1 aromatic carbocycles. The molecular weight excluding hydrogens is 250 g/mol. The van der Waals surface area contributed by atoms with E-state index in [1.807, 2.05) is 42.5 Å². The largest absolute Gasteiger partial charge is 0.469 e. The van der Waals surface area contributed by atoms with Crippen molar-refractivity contribution in [1.82, 2.24) is 4.90 Å². The van der Waals surface area contributed by atoms with Gasteiger partial charge < -0.3 is 9.52 Å². The summed E-state index contributed by atoms with van der Waals surface area (Å²) in [5.74, 6) is 1.04. The Morgan fingerprint density at radius 2 is 2.00 bits per heavy atom. The van der Waals surface area contributed by atoms with Gasteiger partial charge in [-0.3, -0.25) is 4.90 Å². The number of aryl methyl sites for hydroxylation is 1. The Morgan fingerprint density at radius 1 is 1.15 bits per heavy atom. The summed E-state index contributed by atoms with van der Waals surface area (Å²) in [6.45, 7) is 2.70. The lowest BCUT2D eigenvalue weighted by Crippen LogP contribution is -2.31. The predicted octanol–water partition coefficient (Wildman–Crippen LogP) is 2.81. The molecule has 1 aromatic heterocycles. The number of nitrogens with zero attached hydrogens (tertiary/aromatic N) is 1. The van der Waals surface area contributed by atoms with Crippen molar-refractivity contribution in [2.45, 2.75) is 24.9 Å². The van der Waals surface area contributed by atoms with Gasteiger partial charge in [-0.2, -0.15) is 0 Å². The van der Waals surface area contributed by atoms with Crippen LogP contribution in [-0.2, 0) is 12.0 Å². The van der Waals surface area contributed by atoms with E-state index in [1.54, 1.807) is 6.26 Å². The Bertz CT molecular complexity index is 523. The first-order valence-electron chi connectivity index (χ1n) is 7.29. The minimum atomic E-state index is -0.675. The van der Waals surface area contributed by atoms with Crippen molar-refractivity contribution in [3.63, 3.8) is 0 Å². The monoisotopic (exact) mass is 271 g/mol. The summed E-state index contributed by atoms with van der Waals surface area (Å²) in [6.07, 6.45) is 4.57. The third-order valence-electron chi connectivity index (χ3n) is 4.12. The minimum Gasteiger partial charge on any atom is -0.469 e. The van der Waals surface area contributed by atoms with E-state index in [1.165, 1.54) is 0 Å². The summed E-state index contributed by atoms with van der Waals surface area (Å²) in [4.78, 5) is 2.34. The molecule has 1 aliphatic rings. The first-order valence-corrected chi connectivity index (χ1v) is 7.29. The highest BCUT2D eigenvalue weighted by Crippen LogP contribution is 2.31. The van der Waals surface area contributed by atoms with Crippen molar-refractivity contribution in [3.8, 4) is 0 Å². The molecule has 1 fully saturated rings. The molecule has 0 spiro atoms. The molecule has 106 valence electrons. The van der Waals surface area contributed by atoms with Gasteiger partial charge in [0.05, 0.1) is 6.26 Å². The molecule has 0 saturated carbocycles. The van der Waals surface area contributed by atoms with Crippen LogP contribution in [0, 0.1) is 0 Å². The van der Waals surface area contributed by atoms with Crippen molar-refractivity contribution >= 4 is 0 Å². The number of rotatable bonds is 5. The third kappa shape index (κ3) is 2.94. The topological polar surface area (TPSA) is 36.6 Å². The zero-order valence-electron chi connectivity index (χ0n) is 11.7. The number of aliphatic hydroxyl groups is 1. The van der Waals surface area contributed by atoms with E-state index in [0.717, 1.165) is 50.2 Å². The Kier molecular flexibility index (Phi) is 3.90. The minimum absolute atomic E-state index is 0.675. The second kappa shape index (κ2) is 5.81. The van der Waals surface area contributed by atoms with Crippen molar-refractivity contribution < 1.29 is 9.52 Å². The number of benzene rings is 1. The lowest BCUT2D eigenvalue weighted by atomic mass is 9.93. The second-order valence-electron chi connectivity index (χ2n) is 5.61. The lowest BCUT2D eigenvalue weighted by Gasteiger charge is -2.24. The van der Waals surface area contributed by atoms with Crippen LogP contribution in [0.4, 0.5) is 0 Å². The smallest absolute Gasteiger partial charge is 0.103 e. The molecule has 0 aliphatic carbocycles. The molecule has 2 aromatic rings. The Labute approximate surface area is 119 Å². The average Bonchev–Trinajstić information content (AvgIpc) is 3.11. The Morgan fingerprint density at radius 3 is 2.75 bits per heavy atom. The van der Waals surface area contributed by atoms with Gasteiger partial charge in [0.2, 0.25) is 0 Å². The van der Waals surface area contributed by atoms with Crippen LogP contribution in [0.25, 0.3) is 0 Å². The van der Waals surface area contributed by atoms with Gasteiger partial charge in [0.1, 0.15) is 11.4 Å². The highest BCUT2D eigenvalue weighted by atomic mass is 16.3. The summed E-state index contributed by atoms with van der Waals surface area (Å²) in [6, 6.07) is 14.0. The zero-order valence-corrected chi connectivity index (χ0v) is 11.7. The number of likely N-dealkylation sites (tertiary alicyclic amines) is 1. The molecule has 1 N–H and O–H groups in total. The maximum atomic E-state index is 10.8. The van der Waals surface area contributed by atoms with Crippen LogP contribution in [-0.4, -0.2) is 29.6 Å². The standard InChI is InChI=1S/C17H21NO2/c19-17(15-6-2-1-3-7-15)10-12-18(14-17)11-4-8-16-9-5-13-20-16/h1-3,5-7,9,13,19H,4,8,10-12,14H2. The maximum absolute atomic E-state index is 10.8. The summed E-state index contributed by atoms with van der Waals surface area (Å²) in [7, 11) is 0. The molecule has 0 amide bonds. The van der Waals surface area contributed by atoms with E-state index in [4.69, 9.17) is 4.42 Å². The zero-order chi connectivity index (χ0) is 13.8. The number of hydrogen-bond donors (Lipinski definition) is 1. The Hall–Kier alpha value is -1.58. The molecule has 1 aliphatic heterocycles. The van der Waals surface area contributed by atoms with Gasteiger partial charge >= 0.3 is 0 Å².